The minimum absolute atomic E-state index is 0.155. The fraction of sp³-hybridized carbons (Fsp3) is 0.105. The Bertz CT molecular complexity index is 928. The number of rotatable bonds is 6. The smallest absolute Gasteiger partial charge is 0.411 e. The molecule has 1 aromatic heterocycles. The van der Waals surface area contributed by atoms with E-state index in [1.165, 1.54) is 0 Å². The van der Waals surface area contributed by atoms with Crippen molar-refractivity contribution < 1.29 is 24.2 Å². The Labute approximate surface area is 149 Å². The standard InChI is InChI=1S/C19H16N2O5/c22-17(23)12-25-16-9-8-15(14-7-4-10-20-18(14)16)21-19(24)26-11-13-5-2-1-3-6-13/h1-10H,11-12H2,(H,21,24)(H,22,23). The average molecular weight is 352 g/mol. The van der Waals surface area contributed by atoms with Crippen molar-refractivity contribution in [1.29, 1.82) is 0 Å². The van der Waals surface area contributed by atoms with Crippen molar-refractivity contribution in [2.45, 2.75) is 6.61 Å². The molecule has 0 atom stereocenters. The van der Waals surface area contributed by atoms with E-state index in [0.29, 0.717) is 22.3 Å². The molecular weight excluding hydrogens is 336 g/mol. The third kappa shape index (κ3) is 4.27. The number of fused-ring (bicyclic) bond motifs is 1. The first-order valence-corrected chi connectivity index (χ1v) is 7.83. The summed E-state index contributed by atoms with van der Waals surface area (Å²) in [7, 11) is 0. The minimum Gasteiger partial charge on any atom is -0.480 e. The zero-order valence-corrected chi connectivity index (χ0v) is 13.7. The first-order chi connectivity index (χ1) is 12.6. The van der Waals surface area contributed by atoms with Gasteiger partial charge in [-0.15, -0.1) is 0 Å². The van der Waals surface area contributed by atoms with Crippen LogP contribution < -0.4 is 10.1 Å². The molecule has 2 N–H and O–H groups in total. The van der Waals surface area contributed by atoms with Gasteiger partial charge in [-0.05, 0) is 29.8 Å². The fourth-order valence-electron chi connectivity index (χ4n) is 2.38. The number of carbonyl (C=O) groups is 2. The van der Waals surface area contributed by atoms with Crippen LogP contribution in [-0.2, 0) is 16.1 Å². The summed E-state index contributed by atoms with van der Waals surface area (Å²) in [5.41, 5.74) is 1.83. The van der Waals surface area contributed by atoms with Gasteiger partial charge >= 0.3 is 12.1 Å². The molecule has 0 aliphatic heterocycles. The van der Waals surface area contributed by atoms with Gasteiger partial charge in [0.05, 0.1) is 5.69 Å². The van der Waals surface area contributed by atoms with Crippen LogP contribution in [0.5, 0.6) is 5.75 Å². The monoisotopic (exact) mass is 352 g/mol. The Balaban J connectivity index is 1.74. The Morgan fingerprint density at radius 1 is 1.04 bits per heavy atom. The summed E-state index contributed by atoms with van der Waals surface area (Å²) in [6, 6.07) is 16.0. The lowest BCUT2D eigenvalue weighted by Crippen LogP contribution is -2.14. The number of nitrogens with one attached hydrogen (secondary N) is 1. The van der Waals surface area contributed by atoms with E-state index in [1.54, 1.807) is 30.5 Å². The van der Waals surface area contributed by atoms with Crippen molar-refractivity contribution in [1.82, 2.24) is 4.98 Å². The zero-order chi connectivity index (χ0) is 18.4. The van der Waals surface area contributed by atoms with Gasteiger partial charge in [-0.25, -0.2) is 9.59 Å². The van der Waals surface area contributed by atoms with Gasteiger partial charge in [-0.3, -0.25) is 10.3 Å². The van der Waals surface area contributed by atoms with Crippen LogP contribution in [0.2, 0.25) is 0 Å². The summed E-state index contributed by atoms with van der Waals surface area (Å²) in [6.07, 6.45) is 0.964. The number of carboxylic acid groups (broad SMARTS) is 1. The minimum atomic E-state index is -1.08. The average Bonchev–Trinajstić information content (AvgIpc) is 2.66. The predicted octanol–water partition coefficient (Wildman–Crippen LogP) is 3.45. The normalized spacial score (nSPS) is 10.3. The van der Waals surface area contributed by atoms with Crippen molar-refractivity contribution in [3.63, 3.8) is 0 Å². The molecular formula is C19H16N2O5. The third-order valence-electron chi connectivity index (χ3n) is 3.53. The molecule has 0 unspecified atom stereocenters. The van der Waals surface area contributed by atoms with Crippen molar-refractivity contribution in [3.8, 4) is 5.75 Å². The largest absolute Gasteiger partial charge is 0.480 e. The summed E-state index contributed by atoms with van der Waals surface area (Å²) in [4.78, 5) is 27.0. The van der Waals surface area contributed by atoms with E-state index in [4.69, 9.17) is 14.6 Å². The molecule has 0 aliphatic carbocycles. The number of hydrogen-bond donors (Lipinski definition) is 2. The van der Waals surface area contributed by atoms with Gasteiger partial charge in [-0.2, -0.15) is 0 Å². The molecule has 0 spiro atoms. The molecule has 26 heavy (non-hydrogen) atoms. The van der Waals surface area contributed by atoms with Gasteiger partial charge in [0, 0.05) is 11.6 Å². The van der Waals surface area contributed by atoms with Crippen LogP contribution in [0.25, 0.3) is 10.9 Å². The van der Waals surface area contributed by atoms with E-state index < -0.39 is 18.7 Å². The number of anilines is 1. The molecule has 3 aromatic rings. The molecule has 0 bridgehead atoms. The van der Waals surface area contributed by atoms with Crippen LogP contribution in [0.1, 0.15) is 5.56 Å². The molecule has 0 aliphatic rings. The van der Waals surface area contributed by atoms with Crippen LogP contribution in [0.4, 0.5) is 10.5 Å². The third-order valence-corrected chi connectivity index (χ3v) is 3.53. The van der Waals surface area contributed by atoms with Crippen molar-refractivity contribution in [3.05, 3.63) is 66.4 Å². The predicted molar refractivity (Wildman–Crippen MR) is 95.1 cm³/mol. The number of benzene rings is 2. The van der Waals surface area contributed by atoms with E-state index >= 15 is 0 Å². The first kappa shape index (κ1) is 17.2. The van der Waals surface area contributed by atoms with E-state index in [2.05, 4.69) is 10.3 Å². The van der Waals surface area contributed by atoms with Gasteiger partial charge < -0.3 is 14.6 Å². The van der Waals surface area contributed by atoms with Crippen LogP contribution in [-0.4, -0.2) is 28.8 Å². The van der Waals surface area contributed by atoms with E-state index in [0.717, 1.165) is 5.56 Å². The van der Waals surface area contributed by atoms with Crippen molar-refractivity contribution in [2.75, 3.05) is 11.9 Å². The van der Waals surface area contributed by atoms with Crippen LogP contribution in [0.15, 0.2) is 60.8 Å². The quantitative estimate of drug-likeness (QED) is 0.705. The maximum Gasteiger partial charge on any atom is 0.411 e. The van der Waals surface area contributed by atoms with Gasteiger partial charge in [0.25, 0.3) is 0 Å². The van der Waals surface area contributed by atoms with Crippen LogP contribution >= 0.6 is 0 Å². The lowest BCUT2D eigenvalue weighted by atomic mass is 10.1. The molecule has 1 heterocycles. The molecule has 2 aromatic carbocycles. The van der Waals surface area contributed by atoms with E-state index in [-0.39, 0.29) is 6.61 Å². The second-order valence-electron chi connectivity index (χ2n) is 5.38. The summed E-state index contributed by atoms with van der Waals surface area (Å²) in [5, 5.41) is 12.0. The van der Waals surface area contributed by atoms with Gasteiger partial charge in [0.1, 0.15) is 17.9 Å². The number of carboxylic acids is 1. The lowest BCUT2D eigenvalue weighted by Gasteiger charge is -2.12. The molecule has 132 valence electrons. The Hall–Kier alpha value is -3.61. The molecule has 7 heteroatoms. The Morgan fingerprint density at radius 2 is 1.85 bits per heavy atom. The summed E-state index contributed by atoms with van der Waals surface area (Å²) < 4.78 is 10.5. The highest BCUT2D eigenvalue weighted by Crippen LogP contribution is 2.30. The van der Waals surface area contributed by atoms with Gasteiger partial charge in [0.2, 0.25) is 0 Å². The van der Waals surface area contributed by atoms with Crippen LogP contribution in [0.3, 0.4) is 0 Å². The number of nitrogens with zero attached hydrogens (tertiary/aromatic N) is 1. The molecule has 3 rings (SSSR count). The summed E-state index contributed by atoms with van der Waals surface area (Å²) in [6.45, 7) is -0.319. The van der Waals surface area contributed by atoms with E-state index in [1.807, 2.05) is 30.3 Å². The molecule has 0 saturated heterocycles. The number of pyridine rings is 1. The van der Waals surface area contributed by atoms with Crippen molar-refractivity contribution >= 4 is 28.7 Å². The zero-order valence-electron chi connectivity index (χ0n) is 13.7. The maximum absolute atomic E-state index is 12.1. The number of aromatic nitrogens is 1. The number of hydrogen-bond acceptors (Lipinski definition) is 5. The summed E-state index contributed by atoms with van der Waals surface area (Å²) in [5.74, 6) is -0.757. The number of amides is 1. The lowest BCUT2D eigenvalue weighted by molar-refractivity contribution is -0.139. The van der Waals surface area contributed by atoms with Crippen molar-refractivity contribution in [2.24, 2.45) is 0 Å². The van der Waals surface area contributed by atoms with Gasteiger partial charge in [0.15, 0.2) is 6.61 Å². The highest BCUT2D eigenvalue weighted by Gasteiger charge is 2.12. The number of ether oxygens (including phenoxy) is 2. The number of carbonyl (C=O) groups excluding carboxylic acids is 1. The highest BCUT2D eigenvalue weighted by atomic mass is 16.5. The fourth-order valence-corrected chi connectivity index (χ4v) is 2.38. The topological polar surface area (TPSA) is 97.8 Å². The molecule has 0 saturated carbocycles. The maximum atomic E-state index is 12.1. The summed E-state index contributed by atoms with van der Waals surface area (Å²) >= 11 is 0. The SMILES string of the molecule is O=C(O)COc1ccc(NC(=O)OCc2ccccc2)c2cccnc12. The molecule has 7 nitrogen and oxygen atoms in total. The van der Waals surface area contributed by atoms with Gasteiger partial charge in [-0.1, -0.05) is 30.3 Å². The second kappa shape index (κ2) is 7.98. The Kier molecular flexibility index (Phi) is 5.28. The first-order valence-electron chi connectivity index (χ1n) is 7.83. The molecule has 0 radical (unpaired) electrons. The van der Waals surface area contributed by atoms with E-state index in [9.17, 15) is 9.59 Å². The highest BCUT2D eigenvalue weighted by molar-refractivity contribution is 6.01. The number of aliphatic carboxylic acids is 1. The molecule has 0 fully saturated rings. The second-order valence-corrected chi connectivity index (χ2v) is 5.38. The molecule has 1 amide bonds. The van der Waals surface area contributed by atoms with Crippen LogP contribution in [0, 0.1) is 0 Å². The Morgan fingerprint density at radius 3 is 2.62 bits per heavy atom.